The Labute approximate surface area is 113 Å². The van der Waals surface area contributed by atoms with E-state index in [2.05, 4.69) is 0 Å². The molecule has 0 aromatic heterocycles. The zero-order valence-electron chi connectivity index (χ0n) is 11.4. The lowest BCUT2D eigenvalue weighted by Gasteiger charge is -2.28. The Bertz CT molecular complexity index is 455. The zero-order chi connectivity index (χ0) is 13.8. The fourth-order valence-electron chi connectivity index (χ4n) is 2.66. The first-order chi connectivity index (χ1) is 9.17. The Morgan fingerprint density at radius 1 is 1.53 bits per heavy atom. The Hall–Kier alpha value is -1.55. The molecule has 0 heterocycles. The predicted molar refractivity (Wildman–Crippen MR) is 71.3 cm³/mol. The number of carbonyl (C=O) groups excluding carboxylic acids is 1. The number of esters is 1. The van der Waals surface area contributed by atoms with Crippen LogP contribution in [0.3, 0.4) is 0 Å². The fraction of sp³-hybridized carbons (Fsp3) is 0.533. The van der Waals surface area contributed by atoms with Crippen LogP contribution < -0.4 is 4.74 Å². The topological polar surface area (TPSA) is 55.8 Å². The molecule has 0 saturated heterocycles. The van der Waals surface area contributed by atoms with Gasteiger partial charge in [-0.3, -0.25) is 0 Å². The summed E-state index contributed by atoms with van der Waals surface area (Å²) in [5.41, 5.74) is 2.19. The third-order valence-electron chi connectivity index (χ3n) is 3.62. The maximum absolute atomic E-state index is 11.7. The van der Waals surface area contributed by atoms with Gasteiger partial charge in [0.15, 0.2) is 6.10 Å². The van der Waals surface area contributed by atoms with E-state index >= 15 is 0 Å². The van der Waals surface area contributed by atoms with Crippen molar-refractivity contribution in [1.29, 1.82) is 0 Å². The lowest BCUT2D eigenvalue weighted by molar-refractivity contribution is -0.154. The number of hydrogen-bond acceptors (Lipinski definition) is 4. The molecule has 0 bridgehead atoms. The second kappa shape index (κ2) is 6.06. The highest BCUT2D eigenvalue weighted by molar-refractivity contribution is 5.76. The van der Waals surface area contributed by atoms with Crippen molar-refractivity contribution < 1.29 is 19.4 Å². The summed E-state index contributed by atoms with van der Waals surface area (Å²) in [6.45, 7) is 2.02. The largest absolute Gasteiger partial charge is 0.497 e. The minimum absolute atomic E-state index is 0.196. The van der Waals surface area contributed by atoms with Crippen LogP contribution in [-0.4, -0.2) is 30.9 Å². The van der Waals surface area contributed by atoms with Crippen LogP contribution in [0.2, 0.25) is 0 Å². The first kappa shape index (κ1) is 13.9. The molecule has 19 heavy (non-hydrogen) atoms. The molecule has 1 aromatic rings. The SMILES string of the molecule is CCOC(=O)C(O)C1CCCc2ccc(OC)cc21. The van der Waals surface area contributed by atoms with Gasteiger partial charge >= 0.3 is 5.97 Å². The molecular weight excluding hydrogens is 244 g/mol. The number of aliphatic hydroxyl groups excluding tert-OH is 1. The third-order valence-corrected chi connectivity index (χ3v) is 3.62. The Morgan fingerprint density at radius 3 is 3.00 bits per heavy atom. The lowest BCUT2D eigenvalue weighted by Crippen LogP contribution is -2.32. The van der Waals surface area contributed by atoms with E-state index < -0.39 is 12.1 Å². The van der Waals surface area contributed by atoms with Crippen molar-refractivity contribution in [2.24, 2.45) is 0 Å². The molecule has 0 fully saturated rings. The number of ether oxygens (including phenoxy) is 2. The molecule has 2 atom stereocenters. The number of rotatable bonds is 4. The average Bonchev–Trinajstić information content (AvgIpc) is 2.45. The number of methoxy groups -OCH3 is 1. The molecule has 2 unspecified atom stereocenters. The second-order valence-electron chi connectivity index (χ2n) is 4.76. The van der Waals surface area contributed by atoms with Gasteiger partial charge in [-0.15, -0.1) is 0 Å². The van der Waals surface area contributed by atoms with Crippen LogP contribution in [0.15, 0.2) is 18.2 Å². The van der Waals surface area contributed by atoms with Crippen molar-refractivity contribution in [2.75, 3.05) is 13.7 Å². The molecule has 1 N–H and O–H groups in total. The highest BCUT2D eigenvalue weighted by atomic mass is 16.5. The number of benzene rings is 1. The summed E-state index contributed by atoms with van der Waals surface area (Å²) >= 11 is 0. The van der Waals surface area contributed by atoms with E-state index in [1.165, 1.54) is 5.56 Å². The van der Waals surface area contributed by atoms with Gasteiger partial charge < -0.3 is 14.6 Å². The van der Waals surface area contributed by atoms with Crippen molar-refractivity contribution in [3.8, 4) is 5.75 Å². The van der Waals surface area contributed by atoms with E-state index in [0.717, 1.165) is 30.6 Å². The number of fused-ring (bicyclic) bond motifs is 1. The van der Waals surface area contributed by atoms with Crippen molar-refractivity contribution in [3.63, 3.8) is 0 Å². The van der Waals surface area contributed by atoms with Crippen LogP contribution in [-0.2, 0) is 16.0 Å². The molecule has 4 heteroatoms. The molecule has 0 amide bonds. The Balaban J connectivity index is 2.27. The number of aliphatic hydroxyl groups is 1. The quantitative estimate of drug-likeness (QED) is 0.845. The zero-order valence-corrected chi connectivity index (χ0v) is 11.4. The summed E-state index contributed by atoms with van der Waals surface area (Å²) in [6, 6.07) is 5.85. The maximum atomic E-state index is 11.7. The van der Waals surface area contributed by atoms with E-state index in [1.807, 2.05) is 18.2 Å². The maximum Gasteiger partial charge on any atom is 0.335 e. The normalized spacial score (nSPS) is 19.4. The van der Waals surface area contributed by atoms with Crippen LogP contribution >= 0.6 is 0 Å². The Kier molecular flexibility index (Phi) is 4.43. The van der Waals surface area contributed by atoms with Crippen LogP contribution in [0.5, 0.6) is 5.75 Å². The summed E-state index contributed by atoms with van der Waals surface area (Å²) in [5, 5.41) is 10.2. The van der Waals surface area contributed by atoms with E-state index in [-0.39, 0.29) is 12.5 Å². The number of aryl methyl sites for hydroxylation is 1. The van der Waals surface area contributed by atoms with Crippen LogP contribution in [0.4, 0.5) is 0 Å². The van der Waals surface area contributed by atoms with Crippen molar-refractivity contribution in [3.05, 3.63) is 29.3 Å². The van der Waals surface area contributed by atoms with Gasteiger partial charge in [0.25, 0.3) is 0 Å². The van der Waals surface area contributed by atoms with E-state index in [0.29, 0.717) is 0 Å². The molecule has 0 aliphatic heterocycles. The van der Waals surface area contributed by atoms with E-state index in [4.69, 9.17) is 9.47 Å². The van der Waals surface area contributed by atoms with Crippen LogP contribution in [0.25, 0.3) is 0 Å². The molecule has 4 nitrogen and oxygen atoms in total. The molecule has 0 saturated carbocycles. The number of carbonyl (C=O) groups is 1. The van der Waals surface area contributed by atoms with E-state index in [9.17, 15) is 9.90 Å². The molecule has 1 aliphatic rings. The highest BCUT2D eigenvalue weighted by Crippen LogP contribution is 2.36. The van der Waals surface area contributed by atoms with E-state index in [1.54, 1.807) is 14.0 Å². The first-order valence-electron chi connectivity index (χ1n) is 6.69. The van der Waals surface area contributed by atoms with Gasteiger partial charge in [-0.25, -0.2) is 4.79 Å². The molecule has 0 spiro atoms. The Morgan fingerprint density at radius 2 is 2.32 bits per heavy atom. The summed E-state index contributed by atoms with van der Waals surface area (Å²) in [6.07, 6.45) is 1.65. The lowest BCUT2D eigenvalue weighted by atomic mass is 9.79. The standard InChI is InChI=1S/C15H20O4/c1-3-19-15(17)14(16)12-6-4-5-10-7-8-11(18-2)9-13(10)12/h7-9,12,14,16H,3-6H2,1-2H3. The molecule has 1 aliphatic carbocycles. The minimum atomic E-state index is -1.09. The van der Waals surface area contributed by atoms with Gasteiger partial charge in [0.1, 0.15) is 5.75 Å². The highest BCUT2D eigenvalue weighted by Gasteiger charge is 2.32. The molecular formula is C15H20O4. The van der Waals surface area contributed by atoms with Crippen molar-refractivity contribution in [2.45, 2.75) is 38.2 Å². The third kappa shape index (κ3) is 2.89. The van der Waals surface area contributed by atoms with Gasteiger partial charge in [-0.2, -0.15) is 0 Å². The fourth-order valence-corrected chi connectivity index (χ4v) is 2.66. The summed E-state index contributed by atoms with van der Waals surface area (Å²) < 4.78 is 10.1. The summed E-state index contributed by atoms with van der Waals surface area (Å²) in [4.78, 5) is 11.7. The average molecular weight is 264 g/mol. The molecule has 2 rings (SSSR count). The van der Waals surface area contributed by atoms with Crippen LogP contribution in [0, 0.1) is 0 Å². The monoisotopic (exact) mass is 264 g/mol. The van der Waals surface area contributed by atoms with Gasteiger partial charge in [-0.1, -0.05) is 6.07 Å². The minimum Gasteiger partial charge on any atom is -0.497 e. The predicted octanol–water partition coefficient (Wildman–Crippen LogP) is 2.04. The smallest absolute Gasteiger partial charge is 0.335 e. The van der Waals surface area contributed by atoms with Gasteiger partial charge in [0.2, 0.25) is 0 Å². The number of hydrogen-bond donors (Lipinski definition) is 1. The first-order valence-corrected chi connectivity index (χ1v) is 6.69. The van der Waals surface area contributed by atoms with Gasteiger partial charge in [0.05, 0.1) is 13.7 Å². The van der Waals surface area contributed by atoms with Gasteiger partial charge in [-0.05, 0) is 49.4 Å². The summed E-state index contributed by atoms with van der Waals surface area (Å²) in [5.74, 6) is 0.0165. The molecule has 0 radical (unpaired) electrons. The van der Waals surface area contributed by atoms with Crippen molar-refractivity contribution in [1.82, 2.24) is 0 Å². The van der Waals surface area contributed by atoms with Gasteiger partial charge in [0, 0.05) is 5.92 Å². The van der Waals surface area contributed by atoms with Crippen molar-refractivity contribution >= 4 is 5.97 Å². The summed E-state index contributed by atoms with van der Waals surface area (Å²) in [7, 11) is 1.61. The molecule has 104 valence electrons. The second-order valence-corrected chi connectivity index (χ2v) is 4.76. The van der Waals surface area contributed by atoms with Crippen LogP contribution in [0.1, 0.15) is 36.8 Å². The molecule has 1 aromatic carbocycles.